The van der Waals surface area contributed by atoms with Crippen LogP contribution >= 0.6 is 0 Å². The van der Waals surface area contributed by atoms with Gasteiger partial charge in [-0.15, -0.1) is 10.2 Å². The lowest BCUT2D eigenvalue weighted by Gasteiger charge is -2.23. The highest BCUT2D eigenvalue weighted by atomic mass is 16.5. The molecule has 3 fully saturated rings. The Morgan fingerprint density at radius 1 is 0.483 bits per heavy atom. The van der Waals surface area contributed by atoms with Crippen LogP contribution in [0, 0.1) is 41.5 Å². The van der Waals surface area contributed by atoms with Crippen molar-refractivity contribution in [2.75, 3.05) is 50.3 Å². The van der Waals surface area contributed by atoms with E-state index in [-0.39, 0.29) is 24.1 Å². The first kappa shape index (κ1) is 56.4. The van der Waals surface area contributed by atoms with Crippen LogP contribution in [0.25, 0.3) is 56.1 Å². The van der Waals surface area contributed by atoms with Crippen molar-refractivity contribution in [1.82, 2.24) is 70.0 Å². The van der Waals surface area contributed by atoms with Gasteiger partial charge in [-0.2, -0.15) is 24.9 Å². The van der Waals surface area contributed by atoms with Crippen LogP contribution in [0.2, 0.25) is 0 Å². The molecule has 0 spiro atoms. The van der Waals surface area contributed by atoms with Gasteiger partial charge in [-0.1, -0.05) is 52.0 Å². The number of hydrogen-bond acceptors (Lipinski definition) is 22. The van der Waals surface area contributed by atoms with Crippen LogP contribution in [0.3, 0.4) is 0 Å². The summed E-state index contributed by atoms with van der Waals surface area (Å²) in [5.41, 5.74) is 9.82. The van der Waals surface area contributed by atoms with Crippen molar-refractivity contribution < 1.29 is 36.7 Å². The lowest BCUT2D eigenvalue weighted by atomic mass is 10.1. The molecule has 3 aliphatic heterocycles. The molecule has 15 rings (SSSR count). The molecule has 12 heterocycles. The zero-order valence-corrected chi connectivity index (χ0v) is 49.5. The molecule has 3 atom stereocenters. The Kier molecular flexibility index (Phi) is 15.5. The van der Waals surface area contributed by atoms with Crippen LogP contribution in [0.5, 0.6) is 5.88 Å². The third kappa shape index (κ3) is 12.2. The summed E-state index contributed by atoms with van der Waals surface area (Å²) in [6.45, 7) is 21.7. The number of fused-ring (bicyclic) bond motifs is 3. The summed E-state index contributed by atoms with van der Waals surface area (Å²) >= 11 is 0. The number of aryl methyl sites for hydroxylation is 6. The topological polar surface area (TPSA) is 278 Å². The van der Waals surface area contributed by atoms with Crippen molar-refractivity contribution in [1.29, 1.82) is 0 Å². The largest absolute Gasteiger partial charge is 0.469 e. The minimum absolute atomic E-state index is 0.0436. The van der Waals surface area contributed by atoms with Gasteiger partial charge in [-0.25, -0.2) is 19.3 Å². The third-order valence-electron chi connectivity index (χ3n) is 15.4. The van der Waals surface area contributed by atoms with E-state index in [9.17, 15) is 0 Å². The first-order valence-corrected chi connectivity index (χ1v) is 28.9. The SMILES string of the molecule is Cc1nc(NC(C)c2ccc(-c3nc(C4COC4)no3)cc2)c2cc(C)oc2n1.Cc1nc(NC(C)c2ccc(-n3cc(C4COC4)nn3)cc2)c2cc(C)oc2n1.Cc1nc(OC(C)c2ccc(-n3cc(C4COC4)nn3)cc2)c2cc(C)oc2n1. The molecule has 87 heavy (non-hydrogen) atoms. The average Bonchev–Trinajstić information content (AvgIpc) is 2.56. The number of nitrogens with one attached hydrogen (secondary N) is 2. The molecule has 3 saturated heterocycles. The first-order valence-electron chi connectivity index (χ1n) is 28.9. The van der Waals surface area contributed by atoms with Gasteiger partial charge in [0.05, 0.1) is 103 Å². The van der Waals surface area contributed by atoms with E-state index in [0.29, 0.717) is 77.3 Å². The van der Waals surface area contributed by atoms with Crippen molar-refractivity contribution in [3.05, 3.63) is 172 Å². The third-order valence-corrected chi connectivity index (χ3v) is 15.4. The fourth-order valence-electron chi connectivity index (χ4n) is 10.2. The fourth-order valence-corrected chi connectivity index (χ4v) is 10.2. The molecule has 0 amide bonds. The second-order valence-electron chi connectivity index (χ2n) is 22.2. The van der Waals surface area contributed by atoms with Gasteiger partial charge in [0.2, 0.25) is 23.0 Å². The standard InChI is InChI=1S/C21H22N6O2.2C21H21N5O3/c1-12-8-18-20(23-14(3)24-21(18)29-12)22-13(2)15-4-6-17(7-5-15)27-9-19(25-26-27)16-10-28-11-16;1-12-8-18-20(28-12)22-14(3)23-21(18)29-13(2)15-4-6-17(7-5-15)26-9-19(24-25-26)16-10-27-11-16;1-11-8-17-19(23-13(3)24-21(17)28-11)22-12(2)14-4-6-15(7-5-14)20-25-18(26-29-20)16-9-27-10-16/h4-9,13,16H,10-11H2,1-3H3,(H,22,23,24);4-9,13,16H,10-11H2,1-3H3;4-8,12,16H,9-10H2,1-3H3,(H,22,23,24). The fraction of sp³-hybridized carbons (Fsp3) is 0.333. The van der Waals surface area contributed by atoms with Gasteiger partial charge in [0, 0.05) is 17.6 Å². The summed E-state index contributed by atoms with van der Waals surface area (Å²) < 4.78 is 47.7. The van der Waals surface area contributed by atoms with E-state index in [0.717, 1.165) is 117 Å². The quantitative estimate of drug-likeness (QED) is 0.0964. The Bertz CT molecular complexity index is 3920. The molecule has 3 aromatic carbocycles. The minimum atomic E-state index is -0.185. The maximum Gasteiger partial charge on any atom is 0.257 e. The van der Waals surface area contributed by atoms with Crippen LogP contribution < -0.4 is 15.4 Å². The molecule has 0 aliphatic carbocycles. The number of anilines is 2. The molecule has 3 unspecified atom stereocenters. The van der Waals surface area contributed by atoms with Crippen molar-refractivity contribution in [3.63, 3.8) is 0 Å². The van der Waals surface area contributed by atoms with Crippen LogP contribution in [0.1, 0.15) is 125 Å². The molecule has 3 aliphatic rings. The van der Waals surface area contributed by atoms with Crippen LogP contribution in [-0.4, -0.2) is 110 Å². The summed E-state index contributed by atoms with van der Waals surface area (Å²) in [5, 5.41) is 30.6. The van der Waals surface area contributed by atoms with Gasteiger partial charge in [0.25, 0.3) is 5.89 Å². The zero-order valence-electron chi connectivity index (χ0n) is 49.5. The molecule has 24 heteroatoms. The van der Waals surface area contributed by atoms with Crippen molar-refractivity contribution in [2.45, 2.75) is 98.3 Å². The van der Waals surface area contributed by atoms with Crippen LogP contribution in [0.15, 0.2) is 121 Å². The monoisotopic (exact) mass is 1170 g/mol. The predicted octanol–water partition coefficient (Wildman–Crippen LogP) is 11.6. The van der Waals surface area contributed by atoms with Crippen LogP contribution in [0.4, 0.5) is 11.6 Å². The van der Waals surface area contributed by atoms with Gasteiger partial charge < -0.3 is 47.4 Å². The summed E-state index contributed by atoms with van der Waals surface area (Å²) in [6.07, 6.45) is 3.75. The first-order chi connectivity index (χ1) is 42.2. The number of hydrogen-bond donors (Lipinski definition) is 2. The lowest BCUT2D eigenvalue weighted by Crippen LogP contribution is -2.26. The van der Waals surface area contributed by atoms with Gasteiger partial charge in [-0.05, 0) is 134 Å². The summed E-state index contributed by atoms with van der Waals surface area (Å²) in [6, 6.07) is 30.3. The Hall–Kier alpha value is -9.78. The number of benzene rings is 3. The van der Waals surface area contributed by atoms with Crippen LogP contribution in [-0.2, 0) is 14.2 Å². The number of ether oxygens (including phenoxy) is 4. The van der Waals surface area contributed by atoms with E-state index in [4.69, 9.17) is 36.7 Å². The van der Waals surface area contributed by atoms with Gasteiger partial charge in [-0.3, -0.25) is 0 Å². The summed E-state index contributed by atoms with van der Waals surface area (Å²) in [4.78, 5) is 31.1. The maximum absolute atomic E-state index is 6.15. The van der Waals surface area contributed by atoms with Gasteiger partial charge in [0.1, 0.15) is 57.9 Å². The maximum atomic E-state index is 6.15. The normalized spacial score (nSPS) is 15.4. The number of rotatable bonds is 15. The molecule has 9 aromatic heterocycles. The summed E-state index contributed by atoms with van der Waals surface area (Å²) in [5.74, 6) is 8.67. The highest BCUT2D eigenvalue weighted by Gasteiger charge is 2.28. The minimum Gasteiger partial charge on any atom is -0.469 e. The molecule has 0 saturated carbocycles. The predicted molar refractivity (Wildman–Crippen MR) is 320 cm³/mol. The number of nitrogens with zero attached hydrogens (tertiary/aromatic N) is 14. The van der Waals surface area contributed by atoms with Crippen molar-refractivity contribution >= 4 is 44.9 Å². The highest BCUT2D eigenvalue weighted by Crippen LogP contribution is 2.34. The van der Waals surface area contributed by atoms with E-state index in [1.807, 2.05) is 128 Å². The number of aromatic nitrogens is 14. The molecule has 0 bridgehead atoms. The van der Waals surface area contributed by atoms with Gasteiger partial charge in [0.15, 0.2) is 5.82 Å². The molecular formula is C63H64N16O8. The molecule has 12 aromatic rings. The summed E-state index contributed by atoms with van der Waals surface area (Å²) in [7, 11) is 0. The van der Waals surface area contributed by atoms with E-state index >= 15 is 0 Å². The second kappa shape index (κ2) is 23.9. The molecule has 444 valence electrons. The Balaban J connectivity index is 0.000000121. The van der Waals surface area contributed by atoms with E-state index < -0.39 is 0 Å². The molecule has 2 N–H and O–H groups in total. The molecule has 0 radical (unpaired) electrons. The molecule has 24 nitrogen and oxygen atoms in total. The van der Waals surface area contributed by atoms with E-state index in [1.54, 1.807) is 9.36 Å². The van der Waals surface area contributed by atoms with E-state index in [2.05, 4.69) is 109 Å². The van der Waals surface area contributed by atoms with Crippen molar-refractivity contribution in [2.24, 2.45) is 0 Å². The number of furan rings is 3. The second-order valence-corrected chi connectivity index (χ2v) is 22.2. The zero-order chi connectivity index (χ0) is 59.9. The van der Waals surface area contributed by atoms with E-state index in [1.165, 1.54) is 0 Å². The Morgan fingerprint density at radius 3 is 1.37 bits per heavy atom. The lowest BCUT2D eigenvalue weighted by molar-refractivity contribution is 0.00403. The van der Waals surface area contributed by atoms with Crippen molar-refractivity contribution in [3.8, 4) is 28.7 Å². The molecular weight excluding hydrogens is 1110 g/mol. The Morgan fingerprint density at radius 2 is 0.908 bits per heavy atom. The average molecular weight is 1170 g/mol. The highest BCUT2D eigenvalue weighted by molar-refractivity contribution is 5.87. The smallest absolute Gasteiger partial charge is 0.257 e. The Labute approximate surface area is 499 Å². The van der Waals surface area contributed by atoms with Gasteiger partial charge >= 0.3 is 0 Å².